The molecular weight excluding hydrogens is 394 g/mol. The molecule has 8 nitrogen and oxygen atoms in total. The summed E-state index contributed by atoms with van der Waals surface area (Å²) in [5.74, 6) is 0. The standard InChI is InChI=1S/C17H18ClN3O5S/c18-16-6-5-15(27-16)11-19-7-8-26-14(9-19)10-20(17(22)23)12-1-3-13(4-2-12)21(24)25/h1-6,14H,7-11H2,(H,22,23)/t14-/m0/s1. The maximum Gasteiger partial charge on any atom is 0.411 e. The van der Waals surface area contributed by atoms with E-state index >= 15 is 0 Å². The molecule has 1 aromatic carbocycles. The number of rotatable bonds is 6. The van der Waals surface area contributed by atoms with Crippen LogP contribution in [0.2, 0.25) is 4.34 Å². The summed E-state index contributed by atoms with van der Waals surface area (Å²) in [4.78, 5) is 26.4. The monoisotopic (exact) mass is 411 g/mol. The van der Waals surface area contributed by atoms with Crippen molar-refractivity contribution in [1.29, 1.82) is 0 Å². The molecule has 3 rings (SSSR count). The number of non-ortho nitro benzene ring substituents is 1. The number of ether oxygens (including phenoxy) is 1. The molecule has 144 valence electrons. The Labute approximate surface area is 164 Å². The zero-order valence-electron chi connectivity index (χ0n) is 14.3. The van der Waals surface area contributed by atoms with Crippen LogP contribution in [0.4, 0.5) is 16.2 Å². The molecule has 1 aliphatic heterocycles. The lowest BCUT2D eigenvalue weighted by Crippen LogP contribution is -2.48. The Morgan fingerprint density at radius 2 is 2.11 bits per heavy atom. The van der Waals surface area contributed by atoms with Crippen molar-refractivity contribution in [3.8, 4) is 0 Å². The quantitative estimate of drug-likeness (QED) is 0.575. The van der Waals surface area contributed by atoms with E-state index < -0.39 is 11.0 Å². The molecule has 27 heavy (non-hydrogen) atoms. The van der Waals surface area contributed by atoms with Gasteiger partial charge in [0.15, 0.2) is 0 Å². The Kier molecular flexibility index (Phi) is 6.27. The average Bonchev–Trinajstić information content (AvgIpc) is 3.04. The van der Waals surface area contributed by atoms with Gasteiger partial charge in [0, 0.05) is 42.3 Å². The molecule has 0 aliphatic carbocycles. The molecule has 10 heteroatoms. The van der Waals surface area contributed by atoms with Crippen LogP contribution in [-0.4, -0.2) is 53.4 Å². The van der Waals surface area contributed by atoms with Crippen molar-refractivity contribution in [2.45, 2.75) is 12.6 Å². The number of amides is 1. The van der Waals surface area contributed by atoms with E-state index in [-0.39, 0.29) is 18.3 Å². The lowest BCUT2D eigenvalue weighted by molar-refractivity contribution is -0.384. The van der Waals surface area contributed by atoms with Crippen LogP contribution in [0, 0.1) is 10.1 Å². The molecule has 1 amide bonds. The number of benzene rings is 1. The SMILES string of the molecule is O=C(O)N(C[C@@H]1CN(Cc2ccc(Cl)s2)CCO1)c1ccc([N+](=O)[O-])cc1. The second-order valence-electron chi connectivity index (χ2n) is 6.10. The summed E-state index contributed by atoms with van der Waals surface area (Å²) < 4.78 is 6.48. The van der Waals surface area contributed by atoms with Gasteiger partial charge in [0.05, 0.1) is 28.5 Å². The lowest BCUT2D eigenvalue weighted by Gasteiger charge is -2.34. The molecule has 1 aromatic heterocycles. The van der Waals surface area contributed by atoms with Crippen molar-refractivity contribution >= 4 is 40.4 Å². The van der Waals surface area contributed by atoms with Gasteiger partial charge in [-0.15, -0.1) is 11.3 Å². The third-order valence-corrected chi connectivity index (χ3v) is 5.44. The number of carboxylic acid groups (broad SMARTS) is 1. The van der Waals surface area contributed by atoms with Crippen LogP contribution in [0.3, 0.4) is 0 Å². The molecular formula is C17H18ClN3O5S. The molecule has 1 saturated heterocycles. The van der Waals surface area contributed by atoms with Crippen molar-refractivity contribution in [2.24, 2.45) is 0 Å². The number of hydrogen-bond donors (Lipinski definition) is 1. The predicted molar refractivity (Wildman–Crippen MR) is 103 cm³/mol. The fourth-order valence-corrected chi connectivity index (χ4v) is 4.07. The molecule has 0 bridgehead atoms. The molecule has 1 atom stereocenters. The molecule has 2 heterocycles. The Hall–Kier alpha value is -2.20. The molecule has 1 N–H and O–H groups in total. The smallest absolute Gasteiger partial charge is 0.411 e. The minimum Gasteiger partial charge on any atom is -0.465 e. The number of nitro benzene ring substituents is 1. The third-order valence-electron chi connectivity index (χ3n) is 4.22. The summed E-state index contributed by atoms with van der Waals surface area (Å²) in [5.41, 5.74) is 0.289. The number of carbonyl (C=O) groups is 1. The van der Waals surface area contributed by atoms with Gasteiger partial charge in [0.1, 0.15) is 0 Å². The molecule has 0 unspecified atom stereocenters. The van der Waals surface area contributed by atoms with Gasteiger partial charge in [-0.1, -0.05) is 11.6 Å². The number of hydrogen-bond acceptors (Lipinski definition) is 6. The van der Waals surface area contributed by atoms with Crippen LogP contribution in [-0.2, 0) is 11.3 Å². The number of morpholine rings is 1. The third kappa shape index (κ3) is 5.16. The highest BCUT2D eigenvalue weighted by Crippen LogP contribution is 2.24. The van der Waals surface area contributed by atoms with E-state index in [1.54, 1.807) is 0 Å². The number of anilines is 1. The van der Waals surface area contributed by atoms with Crippen LogP contribution in [0.1, 0.15) is 4.88 Å². The summed E-state index contributed by atoms with van der Waals surface area (Å²) in [6.07, 6.45) is -1.42. The molecule has 0 saturated carbocycles. The number of nitro groups is 1. The van der Waals surface area contributed by atoms with E-state index in [0.29, 0.717) is 18.8 Å². The highest BCUT2D eigenvalue weighted by atomic mass is 35.5. The van der Waals surface area contributed by atoms with Gasteiger partial charge >= 0.3 is 6.09 Å². The van der Waals surface area contributed by atoms with Gasteiger partial charge in [0.2, 0.25) is 0 Å². The summed E-state index contributed by atoms with van der Waals surface area (Å²) in [7, 11) is 0. The highest BCUT2D eigenvalue weighted by Gasteiger charge is 2.26. The predicted octanol–water partition coefficient (Wildman–Crippen LogP) is 3.70. The highest BCUT2D eigenvalue weighted by molar-refractivity contribution is 7.16. The summed E-state index contributed by atoms with van der Waals surface area (Å²) in [6, 6.07) is 9.29. The second-order valence-corrected chi connectivity index (χ2v) is 7.90. The van der Waals surface area contributed by atoms with Crippen LogP contribution in [0.5, 0.6) is 0 Å². The van der Waals surface area contributed by atoms with E-state index in [0.717, 1.165) is 27.2 Å². The summed E-state index contributed by atoms with van der Waals surface area (Å²) in [6.45, 7) is 2.75. The maximum atomic E-state index is 11.7. The van der Waals surface area contributed by atoms with Crippen molar-refractivity contribution in [1.82, 2.24) is 4.90 Å². The number of thiophene rings is 1. The van der Waals surface area contributed by atoms with E-state index in [1.807, 2.05) is 12.1 Å². The average molecular weight is 412 g/mol. The first kappa shape index (κ1) is 19.6. The number of nitrogens with zero attached hydrogens (tertiary/aromatic N) is 3. The Morgan fingerprint density at radius 3 is 2.70 bits per heavy atom. The topological polar surface area (TPSA) is 96.2 Å². The van der Waals surface area contributed by atoms with E-state index in [1.165, 1.54) is 35.6 Å². The maximum absolute atomic E-state index is 11.7. The minimum absolute atomic E-state index is 0.0845. The lowest BCUT2D eigenvalue weighted by atomic mass is 10.2. The van der Waals surface area contributed by atoms with E-state index in [4.69, 9.17) is 16.3 Å². The van der Waals surface area contributed by atoms with Gasteiger partial charge in [-0.3, -0.25) is 19.9 Å². The summed E-state index contributed by atoms with van der Waals surface area (Å²) in [5, 5.41) is 20.3. The van der Waals surface area contributed by atoms with Gasteiger partial charge in [0.25, 0.3) is 5.69 Å². The van der Waals surface area contributed by atoms with Crippen molar-refractivity contribution in [3.05, 3.63) is 55.7 Å². The molecule has 0 radical (unpaired) electrons. The van der Waals surface area contributed by atoms with Gasteiger partial charge < -0.3 is 9.84 Å². The van der Waals surface area contributed by atoms with Crippen molar-refractivity contribution < 1.29 is 19.6 Å². The molecule has 1 fully saturated rings. The normalized spacial score (nSPS) is 17.6. The largest absolute Gasteiger partial charge is 0.465 e. The fourth-order valence-electron chi connectivity index (χ4n) is 2.94. The van der Waals surface area contributed by atoms with Crippen LogP contribution >= 0.6 is 22.9 Å². The Balaban J connectivity index is 1.65. The Bertz CT molecular complexity index is 813. The molecule has 2 aromatic rings. The van der Waals surface area contributed by atoms with Crippen LogP contribution in [0.25, 0.3) is 0 Å². The first-order valence-electron chi connectivity index (χ1n) is 8.25. The van der Waals surface area contributed by atoms with Crippen molar-refractivity contribution in [2.75, 3.05) is 31.1 Å². The van der Waals surface area contributed by atoms with Gasteiger partial charge in [-0.2, -0.15) is 0 Å². The fraction of sp³-hybridized carbons (Fsp3) is 0.353. The zero-order valence-corrected chi connectivity index (χ0v) is 15.9. The van der Waals surface area contributed by atoms with Gasteiger partial charge in [-0.05, 0) is 24.3 Å². The Morgan fingerprint density at radius 1 is 1.37 bits per heavy atom. The number of halogens is 1. The van der Waals surface area contributed by atoms with Crippen LogP contribution < -0.4 is 4.90 Å². The second kappa shape index (κ2) is 8.66. The van der Waals surface area contributed by atoms with Crippen molar-refractivity contribution in [3.63, 3.8) is 0 Å². The van der Waals surface area contributed by atoms with Crippen LogP contribution in [0.15, 0.2) is 36.4 Å². The molecule has 1 aliphatic rings. The first-order chi connectivity index (χ1) is 12.9. The van der Waals surface area contributed by atoms with E-state index in [9.17, 15) is 20.0 Å². The van der Waals surface area contributed by atoms with E-state index in [2.05, 4.69) is 4.90 Å². The summed E-state index contributed by atoms with van der Waals surface area (Å²) >= 11 is 7.50. The molecule has 0 spiro atoms. The zero-order chi connectivity index (χ0) is 19.4. The first-order valence-corrected chi connectivity index (χ1v) is 9.45. The van der Waals surface area contributed by atoms with Gasteiger partial charge in [-0.25, -0.2) is 4.79 Å². The minimum atomic E-state index is -1.13.